The van der Waals surface area contributed by atoms with Crippen molar-refractivity contribution in [3.05, 3.63) is 23.8 Å². The Morgan fingerprint density at radius 3 is 2.87 bits per heavy atom. The summed E-state index contributed by atoms with van der Waals surface area (Å²) in [5, 5.41) is 10.1. The van der Waals surface area contributed by atoms with Gasteiger partial charge in [-0.15, -0.1) is 11.8 Å². The quantitative estimate of drug-likeness (QED) is 0.758. The van der Waals surface area contributed by atoms with Crippen LogP contribution in [0.1, 0.15) is 24.8 Å². The molecule has 1 fully saturated rings. The zero-order valence-electron chi connectivity index (χ0n) is 8.94. The van der Waals surface area contributed by atoms with Crippen LogP contribution in [-0.2, 0) is 0 Å². The minimum absolute atomic E-state index is 0.143. The van der Waals surface area contributed by atoms with Gasteiger partial charge in [0.25, 0.3) is 0 Å². The highest BCUT2D eigenvalue weighted by Crippen LogP contribution is 2.37. The molecule has 0 saturated heterocycles. The maximum Gasteiger partial charge on any atom is 0.0662 e. The predicted molar refractivity (Wildman–Crippen MR) is 65.1 cm³/mol. The lowest BCUT2D eigenvalue weighted by atomic mass is 10.2. The van der Waals surface area contributed by atoms with Gasteiger partial charge >= 0.3 is 0 Å². The number of nitrogens with two attached hydrogens (primary N) is 1. The first kappa shape index (κ1) is 10.8. The second-order valence-electron chi connectivity index (χ2n) is 4.12. The lowest BCUT2D eigenvalue weighted by Crippen LogP contribution is -2.15. The van der Waals surface area contributed by atoms with E-state index >= 15 is 0 Å². The van der Waals surface area contributed by atoms with Gasteiger partial charge in [0.15, 0.2) is 0 Å². The molecule has 2 nitrogen and oxygen atoms in total. The smallest absolute Gasteiger partial charge is 0.0662 e. The van der Waals surface area contributed by atoms with E-state index in [1.807, 2.05) is 19.1 Å². The molecule has 0 heterocycles. The Morgan fingerprint density at radius 1 is 1.40 bits per heavy atom. The van der Waals surface area contributed by atoms with Crippen molar-refractivity contribution in [1.29, 1.82) is 0 Å². The first-order chi connectivity index (χ1) is 7.18. The van der Waals surface area contributed by atoms with Crippen LogP contribution in [0.25, 0.3) is 0 Å². The monoisotopic (exact) mass is 223 g/mol. The summed E-state index contributed by atoms with van der Waals surface area (Å²) in [6, 6.07) is 5.98. The SMILES string of the molecule is Cc1c(N)cccc1SC1CCCC1O. The third-order valence-corrected chi connectivity index (χ3v) is 4.57. The minimum atomic E-state index is -0.143. The normalized spacial score (nSPS) is 25.7. The fourth-order valence-corrected chi connectivity index (χ4v) is 3.32. The summed E-state index contributed by atoms with van der Waals surface area (Å²) in [6.07, 6.45) is 3.05. The second kappa shape index (κ2) is 4.45. The summed E-state index contributed by atoms with van der Waals surface area (Å²) in [5.41, 5.74) is 7.83. The first-order valence-electron chi connectivity index (χ1n) is 5.38. The molecule has 82 valence electrons. The first-order valence-corrected chi connectivity index (χ1v) is 6.26. The highest BCUT2D eigenvalue weighted by molar-refractivity contribution is 8.00. The molecule has 1 aromatic rings. The molecule has 0 spiro atoms. The second-order valence-corrected chi connectivity index (χ2v) is 5.41. The molecule has 1 aromatic carbocycles. The Balaban J connectivity index is 2.13. The third kappa shape index (κ3) is 2.29. The van der Waals surface area contributed by atoms with Crippen molar-refractivity contribution in [1.82, 2.24) is 0 Å². The zero-order chi connectivity index (χ0) is 10.8. The molecule has 0 aromatic heterocycles. The molecule has 0 radical (unpaired) electrons. The Kier molecular flexibility index (Phi) is 3.22. The van der Waals surface area contributed by atoms with E-state index < -0.39 is 0 Å². The fraction of sp³-hybridized carbons (Fsp3) is 0.500. The van der Waals surface area contributed by atoms with Gasteiger partial charge in [-0.3, -0.25) is 0 Å². The van der Waals surface area contributed by atoms with Crippen molar-refractivity contribution in [3.63, 3.8) is 0 Å². The molecule has 2 unspecified atom stereocenters. The molecule has 1 aliphatic carbocycles. The van der Waals surface area contributed by atoms with Crippen LogP contribution < -0.4 is 5.73 Å². The van der Waals surface area contributed by atoms with Crippen molar-refractivity contribution in [2.24, 2.45) is 0 Å². The molecule has 0 aliphatic heterocycles. The van der Waals surface area contributed by atoms with E-state index in [-0.39, 0.29) is 6.10 Å². The molecular formula is C12H17NOS. The van der Waals surface area contributed by atoms with Crippen LogP contribution in [0.15, 0.2) is 23.1 Å². The van der Waals surface area contributed by atoms with Crippen LogP contribution in [0.4, 0.5) is 5.69 Å². The Morgan fingerprint density at radius 2 is 2.20 bits per heavy atom. The van der Waals surface area contributed by atoms with Gasteiger partial charge in [-0.05, 0) is 43.9 Å². The Labute approximate surface area is 94.9 Å². The van der Waals surface area contributed by atoms with Crippen LogP contribution in [0, 0.1) is 6.92 Å². The van der Waals surface area contributed by atoms with Gasteiger partial charge in [0.05, 0.1) is 6.10 Å². The molecule has 3 N–H and O–H groups in total. The molecule has 0 amide bonds. The van der Waals surface area contributed by atoms with E-state index in [4.69, 9.17) is 5.73 Å². The summed E-state index contributed by atoms with van der Waals surface area (Å²) in [7, 11) is 0. The molecule has 0 bridgehead atoms. The predicted octanol–water partition coefficient (Wildman–Crippen LogP) is 2.58. The van der Waals surface area contributed by atoms with E-state index in [9.17, 15) is 5.11 Å². The number of aliphatic hydroxyl groups excluding tert-OH is 1. The van der Waals surface area contributed by atoms with Crippen LogP contribution >= 0.6 is 11.8 Å². The maximum atomic E-state index is 9.76. The van der Waals surface area contributed by atoms with Crippen molar-refractivity contribution in [2.45, 2.75) is 42.4 Å². The van der Waals surface area contributed by atoms with Crippen LogP contribution in [0.2, 0.25) is 0 Å². The van der Waals surface area contributed by atoms with Crippen LogP contribution in [-0.4, -0.2) is 16.5 Å². The zero-order valence-corrected chi connectivity index (χ0v) is 9.76. The molecule has 15 heavy (non-hydrogen) atoms. The van der Waals surface area contributed by atoms with Crippen molar-refractivity contribution >= 4 is 17.4 Å². The molecule has 2 atom stereocenters. The Hall–Kier alpha value is -0.670. The third-order valence-electron chi connectivity index (χ3n) is 3.02. The average Bonchev–Trinajstić information content (AvgIpc) is 2.60. The highest BCUT2D eigenvalue weighted by Gasteiger charge is 2.26. The van der Waals surface area contributed by atoms with Crippen molar-refractivity contribution in [2.75, 3.05) is 5.73 Å². The van der Waals surface area contributed by atoms with Gasteiger partial charge in [-0.2, -0.15) is 0 Å². The van der Waals surface area contributed by atoms with Gasteiger partial charge in [-0.25, -0.2) is 0 Å². The van der Waals surface area contributed by atoms with Crippen LogP contribution in [0.3, 0.4) is 0 Å². The molecule has 2 rings (SSSR count). The number of benzene rings is 1. The topological polar surface area (TPSA) is 46.2 Å². The largest absolute Gasteiger partial charge is 0.398 e. The lowest BCUT2D eigenvalue weighted by molar-refractivity contribution is 0.188. The van der Waals surface area contributed by atoms with Gasteiger partial charge in [-0.1, -0.05) is 6.07 Å². The van der Waals surface area contributed by atoms with Crippen LogP contribution in [0.5, 0.6) is 0 Å². The summed E-state index contributed by atoms with van der Waals surface area (Å²) >= 11 is 1.77. The number of hydrogen-bond acceptors (Lipinski definition) is 3. The number of aliphatic hydroxyl groups is 1. The number of hydrogen-bond donors (Lipinski definition) is 2. The summed E-state index contributed by atoms with van der Waals surface area (Å²) < 4.78 is 0. The van der Waals surface area contributed by atoms with Gasteiger partial charge in [0.1, 0.15) is 0 Å². The minimum Gasteiger partial charge on any atom is -0.398 e. The van der Waals surface area contributed by atoms with Gasteiger partial charge in [0, 0.05) is 15.8 Å². The summed E-state index contributed by atoms with van der Waals surface area (Å²) in [6.45, 7) is 2.04. The standard InChI is InChI=1S/C12H17NOS/c1-8-9(13)4-2-6-11(8)15-12-7-3-5-10(12)14/h2,4,6,10,12,14H,3,5,7,13H2,1H3. The average molecular weight is 223 g/mol. The van der Waals surface area contributed by atoms with E-state index in [1.54, 1.807) is 11.8 Å². The molecule has 1 aliphatic rings. The summed E-state index contributed by atoms with van der Waals surface area (Å²) in [4.78, 5) is 1.21. The molecule has 1 saturated carbocycles. The van der Waals surface area contributed by atoms with Gasteiger partial charge < -0.3 is 10.8 Å². The van der Waals surface area contributed by atoms with E-state index in [1.165, 1.54) is 4.90 Å². The van der Waals surface area contributed by atoms with Crippen molar-refractivity contribution in [3.8, 4) is 0 Å². The number of nitrogen functional groups attached to an aromatic ring is 1. The summed E-state index contributed by atoms with van der Waals surface area (Å²) in [5.74, 6) is 0. The fourth-order valence-electron chi connectivity index (χ4n) is 1.97. The lowest BCUT2D eigenvalue weighted by Gasteiger charge is -2.16. The van der Waals surface area contributed by atoms with Crippen molar-refractivity contribution < 1.29 is 5.11 Å². The highest BCUT2D eigenvalue weighted by atomic mass is 32.2. The van der Waals surface area contributed by atoms with Gasteiger partial charge in [0.2, 0.25) is 0 Å². The molecule has 3 heteroatoms. The number of rotatable bonds is 2. The number of thioether (sulfide) groups is 1. The Bertz CT molecular complexity index is 353. The van der Waals surface area contributed by atoms with E-state index in [0.29, 0.717) is 5.25 Å². The maximum absolute atomic E-state index is 9.76. The van der Waals surface area contributed by atoms with E-state index in [0.717, 1.165) is 30.5 Å². The van der Waals surface area contributed by atoms with E-state index in [2.05, 4.69) is 6.07 Å². The number of anilines is 1. The molecular weight excluding hydrogens is 206 g/mol.